The van der Waals surface area contributed by atoms with E-state index in [2.05, 4.69) is 16.0 Å². The average Bonchev–Trinajstić information content (AvgIpc) is 2.61. The smallest absolute Gasteiger partial charge is 0.253 e. The van der Waals surface area contributed by atoms with Crippen molar-refractivity contribution in [2.24, 2.45) is 0 Å². The molecule has 0 saturated heterocycles. The van der Waals surface area contributed by atoms with Gasteiger partial charge in [-0.1, -0.05) is 42.0 Å². The van der Waals surface area contributed by atoms with E-state index < -0.39 is 0 Å². The normalized spacial score (nSPS) is 10.3. The maximum absolute atomic E-state index is 12.5. The predicted molar refractivity (Wildman–Crippen MR) is 101 cm³/mol. The first-order chi connectivity index (χ1) is 12.1. The lowest BCUT2D eigenvalue weighted by Gasteiger charge is -2.11. The van der Waals surface area contributed by atoms with Gasteiger partial charge < -0.3 is 16.0 Å². The van der Waals surface area contributed by atoms with E-state index in [-0.39, 0.29) is 11.8 Å². The fraction of sp³-hybridized carbons (Fsp3) is 0.300. The minimum absolute atomic E-state index is 0.0889. The van der Waals surface area contributed by atoms with Gasteiger partial charge in [0.05, 0.1) is 11.3 Å². The van der Waals surface area contributed by atoms with Gasteiger partial charge >= 0.3 is 0 Å². The van der Waals surface area contributed by atoms with Crippen molar-refractivity contribution in [1.29, 1.82) is 0 Å². The molecule has 3 N–H and O–H groups in total. The van der Waals surface area contributed by atoms with Gasteiger partial charge in [-0.05, 0) is 44.6 Å². The minimum atomic E-state index is -0.202. The quantitative estimate of drug-likeness (QED) is 0.648. The van der Waals surface area contributed by atoms with Crippen molar-refractivity contribution in [3.05, 3.63) is 65.2 Å². The topological polar surface area (TPSA) is 70.2 Å². The summed E-state index contributed by atoms with van der Waals surface area (Å²) < 4.78 is 0. The van der Waals surface area contributed by atoms with Crippen molar-refractivity contribution in [2.75, 3.05) is 18.9 Å². The molecule has 0 radical (unpaired) electrons. The number of rotatable bonds is 8. The van der Waals surface area contributed by atoms with E-state index in [0.29, 0.717) is 24.2 Å². The SMILES string of the molecule is CNCCCC(=O)Nc1ccccc1C(=O)NCc1ccc(C)cc1. The highest BCUT2D eigenvalue weighted by molar-refractivity contribution is 6.03. The van der Waals surface area contributed by atoms with E-state index in [9.17, 15) is 9.59 Å². The Kier molecular flexibility index (Phi) is 7.16. The van der Waals surface area contributed by atoms with Crippen molar-refractivity contribution in [3.63, 3.8) is 0 Å². The Labute approximate surface area is 148 Å². The number of hydrogen-bond donors (Lipinski definition) is 3. The van der Waals surface area contributed by atoms with Gasteiger partial charge in [-0.25, -0.2) is 0 Å². The van der Waals surface area contributed by atoms with Crippen molar-refractivity contribution in [1.82, 2.24) is 10.6 Å². The Morgan fingerprint density at radius 3 is 2.44 bits per heavy atom. The second-order valence-corrected chi connectivity index (χ2v) is 5.97. The summed E-state index contributed by atoms with van der Waals surface area (Å²) >= 11 is 0. The van der Waals surface area contributed by atoms with E-state index in [0.717, 1.165) is 18.5 Å². The molecule has 0 unspecified atom stereocenters. The maximum atomic E-state index is 12.5. The first-order valence-corrected chi connectivity index (χ1v) is 8.47. The number of amides is 2. The molecule has 0 saturated carbocycles. The third-order valence-electron chi connectivity index (χ3n) is 3.85. The molecule has 2 aromatic rings. The number of carbonyl (C=O) groups excluding carboxylic acids is 2. The molecule has 0 aromatic heterocycles. The van der Waals surface area contributed by atoms with Crippen LogP contribution in [0.1, 0.15) is 34.3 Å². The van der Waals surface area contributed by atoms with Crippen molar-refractivity contribution in [3.8, 4) is 0 Å². The number of anilines is 1. The molecule has 0 fully saturated rings. The molecular formula is C20H25N3O2. The molecular weight excluding hydrogens is 314 g/mol. The van der Waals surface area contributed by atoms with Crippen LogP contribution in [0.5, 0.6) is 0 Å². The molecule has 5 nitrogen and oxygen atoms in total. The molecule has 2 rings (SSSR count). The van der Waals surface area contributed by atoms with Gasteiger partial charge in [-0.2, -0.15) is 0 Å². The molecule has 132 valence electrons. The molecule has 0 atom stereocenters. The molecule has 2 aromatic carbocycles. The van der Waals surface area contributed by atoms with E-state index in [4.69, 9.17) is 0 Å². The van der Waals surface area contributed by atoms with E-state index >= 15 is 0 Å². The number of aryl methyl sites for hydroxylation is 1. The summed E-state index contributed by atoms with van der Waals surface area (Å²) in [6.07, 6.45) is 1.17. The van der Waals surface area contributed by atoms with Crippen LogP contribution in [0.2, 0.25) is 0 Å². The number of carbonyl (C=O) groups is 2. The van der Waals surface area contributed by atoms with E-state index in [1.165, 1.54) is 5.56 Å². The second kappa shape index (κ2) is 9.59. The van der Waals surface area contributed by atoms with Gasteiger partial charge in [0.25, 0.3) is 5.91 Å². The van der Waals surface area contributed by atoms with Crippen LogP contribution in [0.15, 0.2) is 48.5 Å². The van der Waals surface area contributed by atoms with E-state index in [1.807, 2.05) is 38.2 Å². The fourth-order valence-electron chi connectivity index (χ4n) is 2.41. The third-order valence-corrected chi connectivity index (χ3v) is 3.85. The van der Waals surface area contributed by atoms with Crippen LogP contribution in [0.3, 0.4) is 0 Å². The Balaban J connectivity index is 1.97. The lowest BCUT2D eigenvalue weighted by molar-refractivity contribution is -0.116. The van der Waals surface area contributed by atoms with Gasteiger partial charge in [0.15, 0.2) is 0 Å². The summed E-state index contributed by atoms with van der Waals surface area (Å²) in [5, 5.41) is 8.74. The Morgan fingerprint density at radius 2 is 1.72 bits per heavy atom. The van der Waals surface area contributed by atoms with Crippen LogP contribution >= 0.6 is 0 Å². The van der Waals surface area contributed by atoms with Gasteiger partial charge in [0.2, 0.25) is 5.91 Å². The van der Waals surface area contributed by atoms with Crippen LogP contribution in [0, 0.1) is 6.92 Å². The summed E-state index contributed by atoms with van der Waals surface area (Å²) in [5.74, 6) is -0.291. The standard InChI is InChI=1S/C20H25N3O2/c1-15-9-11-16(12-10-15)14-22-20(25)17-6-3-4-7-18(17)23-19(24)8-5-13-21-2/h3-4,6-7,9-12,21H,5,8,13-14H2,1-2H3,(H,22,25)(H,23,24). The molecule has 0 aliphatic rings. The largest absolute Gasteiger partial charge is 0.348 e. The average molecular weight is 339 g/mol. The summed E-state index contributed by atoms with van der Waals surface area (Å²) in [5.41, 5.74) is 3.23. The number of nitrogens with one attached hydrogen (secondary N) is 3. The maximum Gasteiger partial charge on any atom is 0.253 e. The van der Waals surface area contributed by atoms with Gasteiger partial charge in [0, 0.05) is 13.0 Å². The summed E-state index contributed by atoms with van der Waals surface area (Å²) in [6.45, 7) is 3.26. The van der Waals surface area contributed by atoms with Crippen LogP contribution in [0.25, 0.3) is 0 Å². The number of para-hydroxylation sites is 1. The zero-order valence-electron chi connectivity index (χ0n) is 14.8. The van der Waals surface area contributed by atoms with E-state index in [1.54, 1.807) is 24.3 Å². The molecule has 2 amide bonds. The molecule has 0 heterocycles. The zero-order valence-corrected chi connectivity index (χ0v) is 14.8. The lowest BCUT2D eigenvalue weighted by atomic mass is 10.1. The Morgan fingerprint density at radius 1 is 1.00 bits per heavy atom. The molecule has 0 aliphatic carbocycles. The first kappa shape index (κ1) is 18.7. The van der Waals surface area contributed by atoms with Gasteiger partial charge in [-0.3, -0.25) is 9.59 Å². The zero-order chi connectivity index (χ0) is 18.1. The van der Waals surface area contributed by atoms with Crippen LogP contribution in [-0.4, -0.2) is 25.4 Å². The van der Waals surface area contributed by atoms with Crippen LogP contribution in [-0.2, 0) is 11.3 Å². The highest BCUT2D eigenvalue weighted by Gasteiger charge is 2.12. The molecule has 0 bridgehead atoms. The first-order valence-electron chi connectivity index (χ1n) is 8.47. The number of hydrogen-bond acceptors (Lipinski definition) is 3. The van der Waals surface area contributed by atoms with Crippen molar-refractivity contribution >= 4 is 17.5 Å². The summed E-state index contributed by atoms with van der Waals surface area (Å²) in [4.78, 5) is 24.5. The third kappa shape index (κ3) is 6.04. The Hall–Kier alpha value is -2.66. The lowest BCUT2D eigenvalue weighted by Crippen LogP contribution is -2.25. The predicted octanol–water partition coefficient (Wildman–Crippen LogP) is 2.86. The van der Waals surface area contributed by atoms with Gasteiger partial charge in [0.1, 0.15) is 0 Å². The number of benzene rings is 2. The van der Waals surface area contributed by atoms with Crippen molar-refractivity contribution in [2.45, 2.75) is 26.3 Å². The summed E-state index contributed by atoms with van der Waals surface area (Å²) in [6, 6.07) is 15.1. The monoisotopic (exact) mass is 339 g/mol. The van der Waals surface area contributed by atoms with Gasteiger partial charge in [-0.15, -0.1) is 0 Å². The van der Waals surface area contributed by atoms with Crippen LogP contribution < -0.4 is 16.0 Å². The molecule has 25 heavy (non-hydrogen) atoms. The molecule has 0 aliphatic heterocycles. The highest BCUT2D eigenvalue weighted by Crippen LogP contribution is 2.16. The second-order valence-electron chi connectivity index (χ2n) is 5.97. The minimum Gasteiger partial charge on any atom is -0.348 e. The molecule has 0 spiro atoms. The Bertz CT molecular complexity index is 711. The fourth-order valence-corrected chi connectivity index (χ4v) is 2.41. The highest BCUT2D eigenvalue weighted by atomic mass is 16.2. The molecule has 5 heteroatoms. The summed E-state index contributed by atoms with van der Waals surface area (Å²) in [7, 11) is 1.85. The van der Waals surface area contributed by atoms with Crippen molar-refractivity contribution < 1.29 is 9.59 Å². The van der Waals surface area contributed by atoms with Crippen LogP contribution in [0.4, 0.5) is 5.69 Å².